The normalized spacial score (nSPS) is 20.6. The molecule has 0 amide bonds. The summed E-state index contributed by atoms with van der Waals surface area (Å²) in [5.74, 6) is 0. The van der Waals surface area contributed by atoms with E-state index >= 15 is 0 Å². The smallest absolute Gasteiger partial charge is 0.263 e. The Kier molecular flexibility index (Phi) is 5.16. The van der Waals surface area contributed by atoms with Crippen molar-refractivity contribution >= 4 is 12.4 Å². The molecule has 1 aromatic carbocycles. The molecule has 1 N–H and O–H groups in total. The molecule has 90 valence electrons. The number of benzene rings is 1. The molecule has 1 unspecified atom stereocenters. The van der Waals surface area contributed by atoms with E-state index in [0.29, 0.717) is 6.04 Å². The molecule has 1 heterocycles. The fourth-order valence-corrected chi connectivity index (χ4v) is 2.01. The van der Waals surface area contributed by atoms with E-state index in [4.69, 9.17) is 0 Å². The van der Waals surface area contributed by atoms with Crippen molar-refractivity contribution < 1.29 is 8.78 Å². The zero-order chi connectivity index (χ0) is 10.7. The maximum Gasteiger partial charge on any atom is 0.263 e. The van der Waals surface area contributed by atoms with Crippen LogP contribution in [0.1, 0.15) is 42.9 Å². The second-order valence-electron chi connectivity index (χ2n) is 3.97. The monoisotopic (exact) mass is 247 g/mol. The summed E-state index contributed by atoms with van der Waals surface area (Å²) >= 11 is 0. The fourth-order valence-electron chi connectivity index (χ4n) is 2.01. The lowest BCUT2D eigenvalue weighted by molar-refractivity contribution is 0.151. The Morgan fingerprint density at radius 2 is 1.81 bits per heavy atom. The number of hydrogen-bond donors (Lipinski definition) is 1. The van der Waals surface area contributed by atoms with Gasteiger partial charge in [-0.1, -0.05) is 30.7 Å². The average molecular weight is 248 g/mol. The molecule has 1 atom stereocenters. The van der Waals surface area contributed by atoms with Crippen LogP contribution in [0.2, 0.25) is 0 Å². The summed E-state index contributed by atoms with van der Waals surface area (Å²) in [5, 5.41) is 3.40. The summed E-state index contributed by atoms with van der Waals surface area (Å²) in [6, 6.07) is 7.02. The molecule has 0 bridgehead atoms. The van der Waals surface area contributed by atoms with Gasteiger partial charge in [0.1, 0.15) is 0 Å². The van der Waals surface area contributed by atoms with Gasteiger partial charge in [-0.05, 0) is 24.9 Å². The average Bonchev–Trinajstić information content (AvgIpc) is 2.30. The molecule has 0 saturated carbocycles. The lowest BCUT2D eigenvalue weighted by atomic mass is 9.97. The van der Waals surface area contributed by atoms with Gasteiger partial charge >= 0.3 is 0 Å². The maximum atomic E-state index is 12.3. The van der Waals surface area contributed by atoms with Crippen molar-refractivity contribution in [1.82, 2.24) is 5.32 Å². The van der Waals surface area contributed by atoms with E-state index in [-0.39, 0.29) is 18.0 Å². The standard InChI is InChI=1S/C12H15F2N.ClH/c13-12(14)10-6-4-9(5-7-10)11-3-1-2-8-15-11;/h4-7,11-12,15H,1-3,8H2;1H. The Hall–Kier alpha value is -0.670. The summed E-state index contributed by atoms with van der Waals surface area (Å²) in [5.41, 5.74) is 1.23. The van der Waals surface area contributed by atoms with Gasteiger partial charge in [0.15, 0.2) is 0 Å². The molecule has 1 aliphatic heterocycles. The van der Waals surface area contributed by atoms with E-state index in [1.165, 1.54) is 25.0 Å². The third-order valence-corrected chi connectivity index (χ3v) is 2.90. The number of piperidine rings is 1. The van der Waals surface area contributed by atoms with Gasteiger partial charge < -0.3 is 5.32 Å². The van der Waals surface area contributed by atoms with Crippen LogP contribution in [-0.2, 0) is 0 Å². The molecule has 2 rings (SSSR count). The van der Waals surface area contributed by atoms with Gasteiger partial charge in [0, 0.05) is 11.6 Å². The number of rotatable bonds is 2. The van der Waals surface area contributed by atoms with Gasteiger partial charge in [0.2, 0.25) is 0 Å². The molecule has 0 aromatic heterocycles. The van der Waals surface area contributed by atoms with Gasteiger partial charge in [-0.3, -0.25) is 0 Å². The van der Waals surface area contributed by atoms with Crippen molar-refractivity contribution in [2.75, 3.05) is 6.54 Å². The van der Waals surface area contributed by atoms with Crippen LogP contribution < -0.4 is 5.32 Å². The molecular weight excluding hydrogens is 232 g/mol. The highest BCUT2D eigenvalue weighted by Crippen LogP contribution is 2.25. The first-order chi connectivity index (χ1) is 7.27. The first kappa shape index (κ1) is 13.4. The number of alkyl halides is 2. The molecule has 0 radical (unpaired) electrons. The van der Waals surface area contributed by atoms with E-state index in [1.54, 1.807) is 0 Å². The lowest BCUT2D eigenvalue weighted by Gasteiger charge is -2.23. The van der Waals surface area contributed by atoms with Crippen molar-refractivity contribution in [2.45, 2.75) is 31.7 Å². The Bertz CT molecular complexity index is 307. The third-order valence-electron chi connectivity index (χ3n) is 2.90. The Labute approximate surface area is 101 Å². The van der Waals surface area contributed by atoms with E-state index in [9.17, 15) is 8.78 Å². The molecule has 0 spiro atoms. The highest BCUT2D eigenvalue weighted by atomic mass is 35.5. The highest BCUT2D eigenvalue weighted by Gasteiger charge is 2.15. The predicted molar refractivity (Wildman–Crippen MR) is 63.2 cm³/mol. The SMILES string of the molecule is Cl.FC(F)c1ccc(C2CCCCN2)cc1. The van der Waals surface area contributed by atoms with Crippen LogP contribution in [-0.4, -0.2) is 6.54 Å². The van der Waals surface area contributed by atoms with Gasteiger partial charge in [0.05, 0.1) is 0 Å². The van der Waals surface area contributed by atoms with Crippen molar-refractivity contribution in [2.24, 2.45) is 0 Å². The minimum atomic E-state index is -2.36. The number of hydrogen-bond acceptors (Lipinski definition) is 1. The van der Waals surface area contributed by atoms with Crippen molar-refractivity contribution in [3.8, 4) is 0 Å². The molecule has 0 aliphatic carbocycles. The van der Waals surface area contributed by atoms with E-state index in [1.807, 2.05) is 12.1 Å². The maximum absolute atomic E-state index is 12.3. The summed E-state index contributed by atoms with van der Waals surface area (Å²) in [7, 11) is 0. The quantitative estimate of drug-likeness (QED) is 0.837. The van der Waals surface area contributed by atoms with Crippen molar-refractivity contribution in [1.29, 1.82) is 0 Å². The lowest BCUT2D eigenvalue weighted by Crippen LogP contribution is -2.26. The minimum absolute atomic E-state index is 0. The van der Waals surface area contributed by atoms with Gasteiger partial charge in [0.25, 0.3) is 6.43 Å². The molecule has 1 aliphatic rings. The molecule has 1 aromatic rings. The fraction of sp³-hybridized carbons (Fsp3) is 0.500. The van der Waals surface area contributed by atoms with E-state index in [0.717, 1.165) is 18.5 Å². The van der Waals surface area contributed by atoms with Crippen molar-refractivity contribution in [3.05, 3.63) is 35.4 Å². The first-order valence-corrected chi connectivity index (χ1v) is 5.39. The number of nitrogens with one attached hydrogen (secondary N) is 1. The summed E-state index contributed by atoms with van der Waals surface area (Å²) < 4.78 is 24.7. The Balaban J connectivity index is 0.00000128. The largest absolute Gasteiger partial charge is 0.310 e. The Morgan fingerprint density at radius 1 is 1.12 bits per heavy atom. The van der Waals surface area contributed by atoms with Crippen LogP contribution in [0.4, 0.5) is 8.78 Å². The Morgan fingerprint density at radius 3 is 2.31 bits per heavy atom. The number of halogens is 3. The minimum Gasteiger partial charge on any atom is -0.310 e. The molecule has 1 nitrogen and oxygen atoms in total. The van der Waals surface area contributed by atoms with E-state index < -0.39 is 6.43 Å². The van der Waals surface area contributed by atoms with Crippen LogP contribution in [0, 0.1) is 0 Å². The molecule has 1 fully saturated rings. The zero-order valence-electron chi connectivity index (χ0n) is 8.96. The predicted octanol–water partition coefficient (Wildman–Crippen LogP) is 3.86. The molecule has 4 heteroatoms. The summed E-state index contributed by atoms with van der Waals surface area (Å²) in [4.78, 5) is 0. The van der Waals surface area contributed by atoms with Crippen molar-refractivity contribution in [3.63, 3.8) is 0 Å². The third kappa shape index (κ3) is 3.16. The second kappa shape index (κ2) is 6.16. The molecule has 1 saturated heterocycles. The summed E-state index contributed by atoms with van der Waals surface area (Å²) in [6.07, 6.45) is 1.17. The van der Waals surface area contributed by atoms with Gasteiger partial charge in [-0.2, -0.15) is 0 Å². The second-order valence-corrected chi connectivity index (χ2v) is 3.97. The van der Waals surface area contributed by atoms with Crippen LogP contribution in [0.15, 0.2) is 24.3 Å². The topological polar surface area (TPSA) is 12.0 Å². The zero-order valence-corrected chi connectivity index (χ0v) is 9.77. The van der Waals surface area contributed by atoms with Crippen LogP contribution >= 0.6 is 12.4 Å². The first-order valence-electron chi connectivity index (χ1n) is 5.39. The van der Waals surface area contributed by atoms with Gasteiger partial charge in [-0.15, -0.1) is 12.4 Å². The molecule has 16 heavy (non-hydrogen) atoms. The van der Waals surface area contributed by atoms with E-state index in [2.05, 4.69) is 5.32 Å². The van der Waals surface area contributed by atoms with Gasteiger partial charge in [-0.25, -0.2) is 8.78 Å². The molecular formula is C12H16ClF2N. The summed E-state index contributed by atoms with van der Waals surface area (Å²) in [6.45, 7) is 1.03. The van der Waals surface area contributed by atoms with Crippen LogP contribution in [0.3, 0.4) is 0 Å². The van der Waals surface area contributed by atoms with Crippen LogP contribution in [0.25, 0.3) is 0 Å². The highest BCUT2D eigenvalue weighted by molar-refractivity contribution is 5.85. The van der Waals surface area contributed by atoms with Crippen LogP contribution in [0.5, 0.6) is 0 Å².